The monoisotopic (exact) mass is 308 g/mol. The Morgan fingerprint density at radius 2 is 1.91 bits per heavy atom. The van der Waals surface area contributed by atoms with Crippen LogP contribution in [0, 0.1) is 10.1 Å². The highest BCUT2D eigenvalue weighted by Crippen LogP contribution is 2.23. The van der Waals surface area contributed by atoms with Gasteiger partial charge in [-0.2, -0.15) is 0 Å². The normalized spacial score (nSPS) is 11.4. The van der Waals surface area contributed by atoms with Crippen LogP contribution in [0.3, 0.4) is 0 Å². The van der Waals surface area contributed by atoms with E-state index < -0.39 is 22.9 Å². The molecule has 8 nitrogen and oxygen atoms in total. The second-order valence-electron chi connectivity index (χ2n) is 4.60. The largest absolute Gasteiger partial charge is 0.453 e. The number of amides is 1. The molecule has 0 spiro atoms. The van der Waals surface area contributed by atoms with Gasteiger partial charge in [-0.25, -0.2) is 0 Å². The van der Waals surface area contributed by atoms with E-state index in [0.717, 1.165) is 0 Å². The Morgan fingerprint density at radius 3 is 2.50 bits per heavy atom. The molecule has 0 aliphatic carbocycles. The minimum absolute atomic E-state index is 0.0177. The highest BCUT2D eigenvalue weighted by molar-refractivity contribution is 5.97. The lowest BCUT2D eigenvalue weighted by Crippen LogP contribution is -2.30. The molecule has 1 atom stereocenters. The molecular weight excluding hydrogens is 292 g/mol. The van der Waals surface area contributed by atoms with Crippen LogP contribution in [0.4, 0.5) is 11.4 Å². The quantitative estimate of drug-likeness (QED) is 0.466. The number of nitrogens with one attached hydrogen (secondary N) is 1. The maximum Gasteiger partial charge on any atom is 0.307 e. The second kappa shape index (κ2) is 7.87. The number of nitrogens with zero attached hydrogens (tertiary/aromatic N) is 1. The number of ketones is 1. The van der Waals surface area contributed by atoms with E-state index in [4.69, 9.17) is 4.74 Å². The molecule has 0 saturated carbocycles. The summed E-state index contributed by atoms with van der Waals surface area (Å²) in [5.74, 6) is -1.53. The van der Waals surface area contributed by atoms with E-state index in [2.05, 4.69) is 5.32 Å². The summed E-state index contributed by atoms with van der Waals surface area (Å²) in [7, 11) is 0. The van der Waals surface area contributed by atoms with E-state index in [-0.39, 0.29) is 30.0 Å². The molecule has 1 N–H and O–H groups in total. The summed E-state index contributed by atoms with van der Waals surface area (Å²) >= 11 is 0. The molecule has 0 aromatic heterocycles. The summed E-state index contributed by atoms with van der Waals surface area (Å²) < 4.78 is 4.86. The number of hydrogen-bond acceptors (Lipinski definition) is 6. The van der Waals surface area contributed by atoms with Crippen LogP contribution in [0.2, 0.25) is 0 Å². The van der Waals surface area contributed by atoms with E-state index in [1.165, 1.54) is 38.1 Å². The number of Topliss-reactive ketones (excluding diaryl/α,β-unsaturated/α-hetero) is 1. The van der Waals surface area contributed by atoms with Gasteiger partial charge in [-0.05, 0) is 19.9 Å². The molecule has 0 aliphatic heterocycles. The zero-order valence-electron chi connectivity index (χ0n) is 12.2. The van der Waals surface area contributed by atoms with Crippen LogP contribution in [0.25, 0.3) is 0 Å². The van der Waals surface area contributed by atoms with Gasteiger partial charge >= 0.3 is 5.97 Å². The molecule has 8 heteroatoms. The lowest BCUT2D eigenvalue weighted by Gasteiger charge is -2.13. The first kappa shape index (κ1) is 17.3. The van der Waals surface area contributed by atoms with Gasteiger partial charge in [0.2, 0.25) is 0 Å². The minimum Gasteiger partial charge on any atom is -0.453 e. The summed E-state index contributed by atoms with van der Waals surface area (Å²) in [6.07, 6.45) is -1.20. The number of esters is 1. The minimum atomic E-state index is -1.13. The first-order valence-corrected chi connectivity index (χ1v) is 6.54. The maximum atomic E-state index is 11.9. The van der Waals surface area contributed by atoms with E-state index in [9.17, 15) is 24.5 Å². The number of ether oxygens (including phenoxy) is 1. The number of anilines is 1. The Kier molecular flexibility index (Phi) is 6.18. The van der Waals surface area contributed by atoms with Gasteiger partial charge in [0.15, 0.2) is 6.10 Å². The zero-order chi connectivity index (χ0) is 16.7. The average Bonchev–Trinajstić information content (AvgIpc) is 2.45. The predicted molar refractivity (Wildman–Crippen MR) is 77.2 cm³/mol. The third-order valence-electron chi connectivity index (χ3n) is 2.72. The van der Waals surface area contributed by atoms with E-state index in [1.807, 2.05) is 0 Å². The molecule has 0 saturated heterocycles. The molecule has 0 bridgehead atoms. The summed E-state index contributed by atoms with van der Waals surface area (Å²) in [6, 6.07) is 5.63. The van der Waals surface area contributed by atoms with Crippen molar-refractivity contribution in [3.8, 4) is 0 Å². The van der Waals surface area contributed by atoms with Crippen LogP contribution in [0.5, 0.6) is 0 Å². The lowest BCUT2D eigenvalue weighted by atomic mass is 10.2. The molecule has 22 heavy (non-hydrogen) atoms. The highest BCUT2D eigenvalue weighted by Gasteiger charge is 2.21. The van der Waals surface area contributed by atoms with Gasteiger partial charge < -0.3 is 14.8 Å². The molecular formula is C14H16N2O6. The number of rotatable bonds is 7. The first-order chi connectivity index (χ1) is 10.3. The number of para-hydroxylation sites is 2. The number of nitro groups is 1. The molecule has 0 heterocycles. The van der Waals surface area contributed by atoms with Crippen LogP contribution in [-0.2, 0) is 19.1 Å². The number of nitro benzene ring substituents is 1. The number of carbonyl (C=O) groups is 3. The van der Waals surface area contributed by atoms with Gasteiger partial charge in [-0.1, -0.05) is 12.1 Å². The van der Waals surface area contributed by atoms with Crippen LogP contribution in [0.1, 0.15) is 26.7 Å². The van der Waals surface area contributed by atoms with E-state index in [0.29, 0.717) is 0 Å². The zero-order valence-corrected chi connectivity index (χ0v) is 12.2. The molecule has 0 aliphatic rings. The van der Waals surface area contributed by atoms with Gasteiger partial charge in [0.05, 0.1) is 11.3 Å². The third-order valence-corrected chi connectivity index (χ3v) is 2.72. The Labute approximate surface area is 126 Å². The van der Waals surface area contributed by atoms with Crippen molar-refractivity contribution in [3.63, 3.8) is 0 Å². The molecule has 0 fully saturated rings. The highest BCUT2D eigenvalue weighted by atomic mass is 16.6. The number of hydrogen-bond donors (Lipinski definition) is 1. The molecule has 1 aromatic rings. The van der Waals surface area contributed by atoms with Gasteiger partial charge in [0.1, 0.15) is 11.5 Å². The topological polar surface area (TPSA) is 116 Å². The van der Waals surface area contributed by atoms with Crippen molar-refractivity contribution in [3.05, 3.63) is 34.4 Å². The van der Waals surface area contributed by atoms with Gasteiger partial charge in [-0.3, -0.25) is 19.7 Å². The standard InChI is InChI=1S/C14H16N2O6/c1-9(17)7-8-13(18)22-10(2)14(19)15-11-5-3-4-6-12(11)16(20)21/h3-6,10H,7-8H2,1-2H3,(H,15,19)/t10-/m0/s1. The number of benzene rings is 1. The average molecular weight is 308 g/mol. The lowest BCUT2D eigenvalue weighted by molar-refractivity contribution is -0.383. The Balaban J connectivity index is 2.63. The van der Waals surface area contributed by atoms with E-state index >= 15 is 0 Å². The summed E-state index contributed by atoms with van der Waals surface area (Å²) in [4.78, 5) is 44.3. The summed E-state index contributed by atoms with van der Waals surface area (Å²) in [5, 5.41) is 13.2. The van der Waals surface area contributed by atoms with Crippen LogP contribution >= 0.6 is 0 Å². The van der Waals surface area contributed by atoms with Gasteiger partial charge in [0.25, 0.3) is 11.6 Å². The molecule has 0 unspecified atom stereocenters. The van der Waals surface area contributed by atoms with Crippen molar-refractivity contribution in [2.75, 3.05) is 5.32 Å². The third kappa shape index (κ3) is 5.31. The number of carbonyl (C=O) groups excluding carboxylic acids is 3. The van der Waals surface area contributed by atoms with Crippen molar-refractivity contribution in [2.45, 2.75) is 32.8 Å². The van der Waals surface area contributed by atoms with Crippen molar-refractivity contribution in [1.29, 1.82) is 0 Å². The first-order valence-electron chi connectivity index (χ1n) is 6.54. The van der Waals surface area contributed by atoms with Crippen molar-refractivity contribution < 1.29 is 24.0 Å². The fourth-order valence-electron chi connectivity index (χ4n) is 1.56. The summed E-state index contributed by atoms with van der Waals surface area (Å²) in [5.41, 5.74) is -0.241. The molecule has 1 aromatic carbocycles. The molecule has 1 amide bonds. The Morgan fingerprint density at radius 1 is 1.27 bits per heavy atom. The van der Waals surface area contributed by atoms with Crippen molar-refractivity contribution in [2.24, 2.45) is 0 Å². The van der Waals surface area contributed by atoms with Crippen LogP contribution in [0.15, 0.2) is 24.3 Å². The smallest absolute Gasteiger partial charge is 0.307 e. The van der Waals surface area contributed by atoms with Gasteiger partial charge in [0, 0.05) is 12.5 Å². The van der Waals surface area contributed by atoms with Crippen molar-refractivity contribution in [1.82, 2.24) is 0 Å². The fourth-order valence-corrected chi connectivity index (χ4v) is 1.56. The van der Waals surface area contributed by atoms with Gasteiger partial charge in [-0.15, -0.1) is 0 Å². The summed E-state index contributed by atoms with van der Waals surface area (Å²) in [6.45, 7) is 2.69. The Hall–Kier alpha value is -2.77. The molecule has 0 radical (unpaired) electrons. The van der Waals surface area contributed by atoms with Crippen LogP contribution < -0.4 is 5.32 Å². The molecule has 118 valence electrons. The van der Waals surface area contributed by atoms with Crippen molar-refractivity contribution >= 4 is 29.0 Å². The maximum absolute atomic E-state index is 11.9. The second-order valence-corrected chi connectivity index (χ2v) is 4.60. The molecule has 1 rings (SSSR count). The predicted octanol–water partition coefficient (Wildman–Crippen LogP) is 1.83. The van der Waals surface area contributed by atoms with E-state index in [1.54, 1.807) is 0 Å². The van der Waals surface area contributed by atoms with Crippen LogP contribution in [-0.4, -0.2) is 28.7 Å². The Bertz CT molecular complexity index is 599. The fraction of sp³-hybridized carbons (Fsp3) is 0.357. The SMILES string of the molecule is CC(=O)CCC(=O)O[C@@H](C)C(=O)Nc1ccccc1[N+](=O)[O-].